The molecule has 0 saturated carbocycles. The van der Waals surface area contributed by atoms with Crippen LogP contribution < -0.4 is 0 Å². The van der Waals surface area contributed by atoms with Gasteiger partial charge >= 0.3 is 0 Å². The largest absolute Gasteiger partial charge is 0.388 e. The molecule has 0 aromatic heterocycles. The van der Waals surface area contributed by atoms with Gasteiger partial charge in [-0.2, -0.15) is 0 Å². The third-order valence-electron chi connectivity index (χ3n) is 4.48. The van der Waals surface area contributed by atoms with Gasteiger partial charge in [0.05, 0.1) is 6.10 Å². The first-order valence-corrected chi connectivity index (χ1v) is 7.33. The van der Waals surface area contributed by atoms with E-state index in [9.17, 15) is 13.9 Å². The average Bonchev–Trinajstić information content (AvgIpc) is 2.43. The summed E-state index contributed by atoms with van der Waals surface area (Å²) in [5.74, 6) is -0.453. The van der Waals surface area contributed by atoms with Crippen LogP contribution in [0.5, 0.6) is 0 Å². The highest BCUT2D eigenvalue weighted by Gasteiger charge is 2.23. The summed E-state index contributed by atoms with van der Waals surface area (Å²) in [5.41, 5.74) is 0.0587. The molecule has 1 aliphatic rings. The Bertz CT molecular complexity index is 452. The molecule has 1 fully saturated rings. The van der Waals surface area contributed by atoms with E-state index >= 15 is 0 Å². The maximum atomic E-state index is 13.6. The third-order valence-corrected chi connectivity index (χ3v) is 4.48. The van der Waals surface area contributed by atoms with Crippen LogP contribution in [0.3, 0.4) is 0 Å². The lowest BCUT2D eigenvalue weighted by Crippen LogP contribution is -2.39. The third kappa shape index (κ3) is 3.55. The summed E-state index contributed by atoms with van der Waals surface area (Å²) in [4.78, 5) is 2.30. The first kappa shape index (κ1) is 15.4. The monoisotopic (exact) mass is 283 g/mol. The zero-order valence-corrected chi connectivity index (χ0v) is 12.1. The van der Waals surface area contributed by atoms with Crippen molar-refractivity contribution in [2.45, 2.75) is 32.8 Å². The molecule has 0 aliphatic carbocycles. The first-order valence-electron chi connectivity index (χ1n) is 7.33. The van der Waals surface area contributed by atoms with E-state index in [2.05, 4.69) is 18.7 Å². The zero-order chi connectivity index (χ0) is 14.7. The fraction of sp³-hybridized carbons (Fsp3) is 0.625. The van der Waals surface area contributed by atoms with Gasteiger partial charge in [-0.15, -0.1) is 0 Å². The topological polar surface area (TPSA) is 23.5 Å². The quantitative estimate of drug-likeness (QED) is 0.916. The Hall–Kier alpha value is -1.00. The molecule has 0 radical (unpaired) electrons. The molecule has 20 heavy (non-hydrogen) atoms. The molecule has 2 rings (SSSR count). The number of rotatable bonds is 4. The number of piperidine rings is 1. The van der Waals surface area contributed by atoms with Crippen LogP contribution >= 0.6 is 0 Å². The van der Waals surface area contributed by atoms with Crippen molar-refractivity contribution in [2.75, 3.05) is 19.6 Å². The Morgan fingerprint density at radius 3 is 2.75 bits per heavy atom. The summed E-state index contributed by atoms with van der Waals surface area (Å²) in [5, 5.41) is 10.0. The van der Waals surface area contributed by atoms with E-state index in [0.29, 0.717) is 18.9 Å². The lowest BCUT2D eigenvalue weighted by atomic mass is 9.88. The number of likely N-dealkylation sites (tertiary alicyclic amines) is 1. The normalized spacial score (nSPS) is 25.6. The Kier molecular flexibility index (Phi) is 5.11. The Labute approximate surface area is 119 Å². The highest BCUT2D eigenvalue weighted by atomic mass is 19.2. The van der Waals surface area contributed by atoms with Crippen molar-refractivity contribution in [1.29, 1.82) is 0 Å². The maximum Gasteiger partial charge on any atom is 0.164 e. The van der Waals surface area contributed by atoms with E-state index in [1.54, 1.807) is 0 Å². The molecule has 1 heterocycles. The maximum absolute atomic E-state index is 13.6. The fourth-order valence-corrected chi connectivity index (χ4v) is 2.79. The van der Waals surface area contributed by atoms with Gasteiger partial charge in [-0.05, 0) is 37.3 Å². The van der Waals surface area contributed by atoms with Gasteiger partial charge in [-0.3, -0.25) is 0 Å². The number of halogens is 2. The molecule has 3 atom stereocenters. The van der Waals surface area contributed by atoms with Crippen LogP contribution in [0, 0.1) is 23.5 Å². The van der Waals surface area contributed by atoms with Gasteiger partial charge in [0.15, 0.2) is 11.6 Å². The van der Waals surface area contributed by atoms with Crippen LogP contribution in [-0.2, 0) is 0 Å². The molecule has 4 heteroatoms. The van der Waals surface area contributed by atoms with E-state index in [1.165, 1.54) is 12.1 Å². The smallest absolute Gasteiger partial charge is 0.164 e. The number of hydrogen-bond donors (Lipinski definition) is 1. The summed E-state index contributed by atoms with van der Waals surface area (Å²) in [6.07, 6.45) is 0.646. The zero-order valence-electron chi connectivity index (χ0n) is 12.1. The Morgan fingerprint density at radius 2 is 2.05 bits per heavy atom. The van der Waals surface area contributed by atoms with E-state index < -0.39 is 17.7 Å². The van der Waals surface area contributed by atoms with Crippen LogP contribution in [0.15, 0.2) is 18.2 Å². The minimum atomic E-state index is -0.944. The van der Waals surface area contributed by atoms with Crippen molar-refractivity contribution >= 4 is 0 Å². The van der Waals surface area contributed by atoms with Gasteiger partial charge in [0.2, 0.25) is 0 Å². The predicted octanol–water partition coefficient (Wildman–Crippen LogP) is 3.37. The average molecular weight is 283 g/mol. The van der Waals surface area contributed by atoms with E-state index in [-0.39, 0.29) is 5.56 Å². The van der Waals surface area contributed by atoms with Crippen molar-refractivity contribution in [3.05, 3.63) is 35.4 Å². The van der Waals surface area contributed by atoms with Crippen molar-refractivity contribution < 1.29 is 13.9 Å². The number of aliphatic hydroxyl groups is 1. The standard InChI is InChI=1S/C16H23F2NO/c1-11-6-8-19(10-12(11)2)9-7-15(20)13-4-3-5-14(17)16(13)18/h3-5,11-12,15,20H,6-10H2,1-2H3. The number of nitrogens with zero attached hydrogens (tertiary/aromatic N) is 1. The predicted molar refractivity (Wildman–Crippen MR) is 75.3 cm³/mol. The molecule has 1 aromatic carbocycles. The van der Waals surface area contributed by atoms with Gasteiger partial charge in [0, 0.05) is 18.7 Å². The van der Waals surface area contributed by atoms with Gasteiger partial charge < -0.3 is 10.0 Å². The Balaban J connectivity index is 1.89. The van der Waals surface area contributed by atoms with Gasteiger partial charge in [0.25, 0.3) is 0 Å². The summed E-state index contributed by atoms with van der Waals surface area (Å²) in [7, 11) is 0. The number of benzene rings is 1. The molecule has 3 unspecified atom stereocenters. The molecule has 112 valence electrons. The number of hydrogen-bond acceptors (Lipinski definition) is 2. The fourth-order valence-electron chi connectivity index (χ4n) is 2.79. The SMILES string of the molecule is CC1CCN(CCC(O)c2cccc(F)c2F)CC1C. The van der Waals surface area contributed by atoms with Crippen LogP contribution in [0.2, 0.25) is 0 Å². The molecular weight excluding hydrogens is 260 g/mol. The molecule has 0 spiro atoms. The van der Waals surface area contributed by atoms with Crippen molar-refractivity contribution in [3.8, 4) is 0 Å². The Morgan fingerprint density at radius 1 is 1.30 bits per heavy atom. The molecule has 1 aliphatic heterocycles. The molecule has 1 saturated heterocycles. The van der Waals surface area contributed by atoms with E-state index in [1.807, 2.05) is 0 Å². The molecule has 0 amide bonds. The van der Waals surface area contributed by atoms with Gasteiger partial charge in [0.1, 0.15) is 0 Å². The van der Waals surface area contributed by atoms with Crippen LogP contribution in [0.4, 0.5) is 8.78 Å². The second-order valence-electron chi connectivity index (χ2n) is 5.99. The van der Waals surface area contributed by atoms with Crippen LogP contribution in [-0.4, -0.2) is 29.6 Å². The van der Waals surface area contributed by atoms with Crippen molar-refractivity contribution in [1.82, 2.24) is 4.90 Å². The molecular formula is C16H23F2NO. The number of aliphatic hydroxyl groups excluding tert-OH is 1. The summed E-state index contributed by atoms with van der Waals surface area (Å²) in [6, 6.07) is 3.95. The highest BCUT2D eigenvalue weighted by Crippen LogP contribution is 2.25. The lowest BCUT2D eigenvalue weighted by molar-refractivity contribution is 0.101. The minimum Gasteiger partial charge on any atom is -0.388 e. The second kappa shape index (κ2) is 6.64. The molecule has 2 nitrogen and oxygen atoms in total. The molecule has 1 N–H and O–H groups in total. The van der Waals surface area contributed by atoms with Gasteiger partial charge in [-0.1, -0.05) is 26.0 Å². The van der Waals surface area contributed by atoms with Gasteiger partial charge in [-0.25, -0.2) is 8.78 Å². The minimum absolute atomic E-state index is 0.0587. The van der Waals surface area contributed by atoms with Crippen molar-refractivity contribution in [2.24, 2.45) is 11.8 Å². The second-order valence-corrected chi connectivity index (χ2v) is 5.99. The highest BCUT2D eigenvalue weighted by molar-refractivity contribution is 5.21. The summed E-state index contributed by atoms with van der Waals surface area (Å²) >= 11 is 0. The molecule has 1 aromatic rings. The lowest BCUT2D eigenvalue weighted by Gasteiger charge is -2.35. The van der Waals surface area contributed by atoms with Crippen LogP contribution in [0.1, 0.15) is 38.4 Å². The van der Waals surface area contributed by atoms with E-state index in [0.717, 1.165) is 31.5 Å². The molecule has 0 bridgehead atoms. The summed E-state index contributed by atoms with van der Waals surface area (Å²) < 4.78 is 26.7. The summed E-state index contributed by atoms with van der Waals surface area (Å²) in [6.45, 7) is 7.25. The first-order chi connectivity index (χ1) is 9.49. The van der Waals surface area contributed by atoms with Crippen molar-refractivity contribution in [3.63, 3.8) is 0 Å². The van der Waals surface area contributed by atoms with E-state index in [4.69, 9.17) is 0 Å². The van der Waals surface area contributed by atoms with Crippen LogP contribution in [0.25, 0.3) is 0 Å².